The SMILES string of the molecule is C=Cc1ccc(N(c2ccc(N(c3cccc4ccccc34)c3ccc(C=C)c4ccccc34)cc2)c2cccc3ccccc23)c2ccccc12. The topological polar surface area (TPSA) is 6.48 Å². The van der Waals surface area contributed by atoms with Gasteiger partial charge in [0.1, 0.15) is 0 Å². The van der Waals surface area contributed by atoms with E-state index in [4.69, 9.17) is 0 Å². The van der Waals surface area contributed by atoms with E-state index in [-0.39, 0.29) is 0 Å². The lowest BCUT2D eigenvalue weighted by Crippen LogP contribution is -2.13. The van der Waals surface area contributed by atoms with Gasteiger partial charge in [-0.2, -0.15) is 0 Å². The average Bonchev–Trinajstić information content (AvgIpc) is 3.22. The summed E-state index contributed by atoms with van der Waals surface area (Å²) in [5, 5.41) is 9.47. The minimum Gasteiger partial charge on any atom is -0.309 e. The number of benzene rings is 9. The Hall–Kier alpha value is -6.90. The fourth-order valence-electron chi connectivity index (χ4n) is 7.73. The predicted molar refractivity (Wildman–Crippen MR) is 226 cm³/mol. The molecule has 0 amide bonds. The van der Waals surface area contributed by atoms with Crippen molar-refractivity contribution in [2.45, 2.75) is 0 Å². The van der Waals surface area contributed by atoms with Gasteiger partial charge >= 0.3 is 0 Å². The monoisotopic (exact) mass is 664 g/mol. The first-order valence-electron chi connectivity index (χ1n) is 17.7. The molecule has 9 aromatic rings. The minimum atomic E-state index is 1.07. The molecular formula is C50H36N2. The number of hydrogen-bond donors (Lipinski definition) is 0. The zero-order valence-electron chi connectivity index (χ0n) is 28.8. The van der Waals surface area contributed by atoms with Crippen molar-refractivity contribution in [3.8, 4) is 0 Å². The lowest BCUT2D eigenvalue weighted by atomic mass is 9.99. The molecule has 0 bridgehead atoms. The van der Waals surface area contributed by atoms with Crippen LogP contribution in [-0.2, 0) is 0 Å². The summed E-state index contributed by atoms with van der Waals surface area (Å²) in [5.74, 6) is 0. The molecule has 0 aromatic heterocycles. The molecule has 0 N–H and O–H groups in total. The second kappa shape index (κ2) is 13.1. The summed E-state index contributed by atoms with van der Waals surface area (Å²) in [6.07, 6.45) is 3.88. The van der Waals surface area contributed by atoms with Crippen LogP contribution in [0.15, 0.2) is 195 Å². The van der Waals surface area contributed by atoms with E-state index in [0.29, 0.717) is 0 Å². The number of nitrogens with zero attached hydrogens (tertiary/aromatic N) is 2. The molecule has 9 rings (SSSR count). The predicted octanol–water partition coefficient (Wildman–Crippen LogP) is 14.5. The minimum absolute atomic E-state index is 1.07. The molecule has 0 saturated heterocycles. The van der Waals surface area contributed by atoms with Gasteiger partial charge in [-0.3, -0.25) is 0 Å². The molecule has 246 valence electrons. The molecule has 0 spiro atoms. The van der Waals surface area contributed by atoms with Crippen LogP contribution in [-0.4, -0.2) is 0 Å². The van der Waals surface area contributed by atoms with E-state index in [2.05, 4.69) is 205 Å². The molecule has 9 aromatic carbocycles. The quantitative estimate of drug-likeness (QED) is 0.159. The van der Waals surface area contributed by atoms with Crippen LogP contribution in [0.3, 0.4) is 0 Å². The van der Waals surface area contributed by atoms with Crippen molar-refractivity contribution in [2.75, 3.05) is 9.80 Å². The summed E-state index contributed by atoms with van der Waals surface area (Å²) in [7, 11) is 0. The highest BCUT2D eigenvalue weighted by atomic mass is 15.2. The van der Waals surface area contributed by atoms with Gasteiger partial charge in [-0.15, -0.1) is 0 Å². The Morgan fingerprint density at radius 1 is 0.288 bits per heavy atom. The average molecular weight is 665 g/mol. The van der Waals surface area contributed by atoms with Crippen LogP contribution in [0.5, 0.6) is 0 Å². The Kier molecular flexibility index (Phi) is 7.83. The van der Waals surface area contributed by atoms with Crippen molar-refractivity contribution in [2.24, 2.45) is 0 Å². The molecule has 0 heterocycles. The summed E-state index contributed by atoms with van der Waals surface area (Å²) in [4.78, 5) is 4.80. The Bertz CT molecular complexity index is 2590. The van der Waals surface area contributed by atoms with Gasteiger partial charge in [0.25, 0.3) is 0 Å². The van der Waals surface area contributed by atoms with Gasteiger partial charge < -0.3 is 9.80 Å². The van der Waals surface area contributed by atoms with Crippen LogP contribution in [0.1, 0.15) is 11.1 Å². The first-order chi connectivity index (χ1) is 25.7. The molecule has 2 nitrogen and oxygen atoms in total. The van der Waals surface area contributed by atoms with E-state index in [1.807, 2.05) is 12.2 Å². The summed E-state index contributed by atoms with van der Waals surface area (Å²) in [6, 6.07) is 65.4. The van der Waals surface area contributed by atoms with Crippen LogP contribution in [0, 0.1) is 0 Å². The van der Waals surface area contributed by atoms with Gasteiger partial charge in [-0.25, -0.2) is 0 Å². The van der Waals surface area contributed by atoms with Gasteiger partial charge in [0.2, 0.25) is 0 Å². The third-order valence-electron chi connectivity index (χ3n) is 10.2. The normalized spacial score (nSPS) is 11.2. The fourth-order valence-corrected chi connectivity index (χ4v) is 7.73. The van der Waals surface area contributed by atoms with E-state index in [9.17, 15) is 0 Å². The smallest absolute Gasteiger partial charge is 0.0540 e. The molecule has 0 aliphatic rings. The highest BCUT2D eigenvalue weighted by Gasteiger charge is 2.21. The fraction of sp³-hybridized carbons (Fsp3) is 0. The van der Waals surface area contributed by atoms with Gasteiger partial charge in [-0.1, -0.05) is 159 Å². The second-order valence-electron chi connectivity index (χ2n) is 13.0. The number of hydrogen-bond acceptors (Lipinski definition) is 2. The lowest BCUT2D eigenvalue weighted by molar-refractivity contribution is 1.28. The molecule has 0 radical (unpaired) electrons. The van der Waals surface area contributed by atoms with Crippen LogP contribution >= 0.6 is 0 Å². The highest BCUT2D eigenvalue weighted by molar-refractivity contribution is 6.08. The Labute approximate surface area is 304 Å². The van der Waals surface area contributed by atoms with Crippen LogP contribution in [0.2, 0.25) is 0 Å². The molecule has 0 aliphatic carbocycles. The van der Waals surface area contributed by atoms with Crippen LogP contribution in [0.25, 0.3) is 55.2 Å². The Balaban J connectivity index is 1.28. The van der Waals surface area contributed by atoms with Gasteiger partial charge in [-0.05, 0) is 81.2 Å². The van der Waals surface area contributed by atoms with Crippen LogP contribution in [0.4, 0.5) is 34.1 Å². The molecule has 0 aliphatic heterocycles. The van der Waals surface area contributed by atoms with Gasteiger partial charge in [0.05, 0.1) is 22.7 Å². The van der Waals surface area contributed by atoms with Gasteiger partial charge in [0, 0.05) is 32.9 Å². The van der Waals surface area contributed by atoms with Crippen molar-refractivity contribution in [3.63, 3.8) is 0 Å². The standard InChI is InChI=1S/C50H36N2/c1-3-35-27-33-49(45-23-11-9-19-41(35)45)51(47-25-13-17-37-15-5-7-21-43(37)47)39-29-31-40(32-30-39)52(48-26-14-18-38-16-6-8-22-44(38)48)50-34-28-36(4-2)42-20-10-12-24-46(42)50/h3-34H,1-2H2. The maximum atomic E-state index is 4.11. The molecule has 0 saturated carbocycles. The van der Waals surface area contributed by atoms with E-state index < -0.39 is 0 Å². The second-order valence-corrected chi connectivity index (χ2v) is 13.0. The van der Waals surface area contributed by atoms with Crippen molar-refractivity contribution < 1.29 is 0 Å². The van der Waals surface area contributed by atoms with Crippen molar-refractivity contribution in [1.82, 2.24) is 0 Å². The molecule has 0 unspecified atom stereocenters. The first kappa shape index (κ1) is 31.1. The molecule has 2 heteroatoms. The van der Waals surface area contributed by atoms with E-state index in [0.717, 1.165) is 45.3 Å². The lowest BCUT2D eigenvalue weighted by Gasteiger charge is -2.31. The molecule has 52 heavy (non-hydrogen) atoms. The number of anilines is 6. The summed E-state index contributed by atoms with van der Waals surface area (Å²) < 4.78 is 0. The molecule has 0 atom stereocenters. The Morgan fingerprint density at radius 3 is 1.02 bits per heavy atom. The van der Waals surface area contributed by atoms with Crippen molar-refractivity contribution >= 4 is 89.4 Å². The molecular weight excluding hydrogens is 629 g/mol. The summed E-state index contributed by atoms with van der Waals surface area (Å²) in [6.45, 7) is 8.23. The summed E-state index contributed by atoms with van der Waals surface area (Å²) in [5.41, 5.74) is 8.85. The van der Waals surface area contributed by atoms with Crippen molar-refractivity contribution in [1.29, 1.82) is 0 Å². The van der Waals surface area contributed by atoms with Crippen molar-refractivity contribution in [3.05, 3.63) is 206 Å². The highest BCUT2D eigenvalue weighted by Crippen LogP contribution is 2.46. The first-order valence-corrected chi connectivity index (χ1v) is 17.7. The van der Waals surface area contributed by atoms with E-state index in [1.165, 1.54) is 43.1 Å². The van der Waals surface area contributed by atoms with Crippen LogP contribution < -0.4 is 9.80 Å². The largest absolute Gasteiger partial charge is 0.309 e. The summed E-state index contributed by atoms with van der Waals surface area (Å²) >= 11 is 0. The third kappa shape index (κ3) is 5.21. The Morgan fingerprint density at radius 2 is 0.615 bits per heavy atom. The van der Waals surface area contributed by atoms with Gasteiger partial charge in [0.15, 0.2) is 0 Å². The zero-order chi connectivity index (χ0) is 35.0. The van der Waals surface area contributed by atoms with E-state index >= 15 is 0 Å². The number of rotatable bonds is 8. The van der Waals surface area contributed by atoms with E-state index in [1.54, 1.807) is 0 Å². The maximum absolute atomic E-state index is 4.11. The zero-order valence-corrected chi connectivity index (χ0v) is 28.8. The number of fused-ring (bicyclic) bond motifs is 4. The third-order valence-corrected chi connectivity index (χ3v) is 10.2. The maximum Gasteiger partial charge on any atom is 0.0540 e. The molecule has 0 fully saturated rings.